The normalized spacial score (nSPS) is 11.0. The maximum absolute atomic E-state index is 11.7. The Hall–Kier alpha value is -3.27. The van der Waals surface area contributed by atoms with Crippen LogP contribution in [0.5, 0.6) is 0 Å². The van der Waals surface area contributed by atoms with Gasteiger partial charge in [-0.25, -0.2) is 4.79 Å². The van der Waals surface area contributed by atoms with Crippen LogP contribution in [0.2, 0.25) is 0 Å². The molecule has 0 radical (unpaired) electrons. The Kier molecular flexibility index (Phi) is 4.09. The lowest BCUT2D eigenvalue weighted by Crippen LogP contribution is -1.99. The number of H-pyrrole nitrogens is 2. The van der Waals surface area contributed by atoms with Crippen molar-refractivity contribution in [1.82, 2.24) is 9.97 Å². The van der Waals surface area contributed by atoms with E-state index in [4.69, 9.17) is 0 Å². The zero-order valence-corrected chi connectivity index (χ0v) is 14.9. The topological polar surface area (TPSA) is 60.7 Å². The summed E-state index contributed by atoms with van der Waals surface area (Å²) in [6, 6.07) is 20.6. The number of aromatic nitrogens is 2. The van der Waals surface area contributed by atoms with Crippen molar-refractivity contribution in [2.24, 2.45) is 0 Å². The summed E-state index contributed by atoms with van der Waals surface area (Å²) < 4.78 is 0. The summed E-state index contributed by atoms with van der Waals surface area (Å²) in [6.07, 6.45) is 0.796. The number of nitrogens with one attached hydrogen (secondary N) is 3. The number of aromatic amines is 2. The second-order valence-corrected chi connectivity index (χ2v) is 6.73. The van der Waals surface area contributed by atoms with E-state index in [1.807, 2.05) is 36.4 Å². The zero-order chi connectivity index (χ0) is 18.1. The van der Waals surface area contributed by atoms with Gasteiger partial charge in [0.2, 0.25) is 0 Å². The molecule has 0 unspecified atom stereocenters. The molecule has 3 N–H and O–H groups in total. The van der Waals surface area contributed by atoms with Crippen LogP contribution in [0, 0.1) is 13.8 Å². The van der Waals surface area contributed by atoms with Gasteiger partial charge in [-0.05, 0) is 61.2 Å². The maximum Gasteiger partial charge on any atom is 0.323 e. The molecule has 0 atom stereocenters. The Morgan fingerprint density at radius 2 is 1.58 bits per heavy atom. The van der Waals surface area contributed by atoms with Crippen molar-refractivity contribution in [2.75, 3.05) is 5.32 Å². The Morgan fingerprint density at radius 1 is 0.846 bits per heavy atom. The third-order valence-electron chi connectivity index (χ3n) is 4.67. The van der Waals surface area contributed by atoms with E-state index in [1.165, 1.54) is 16.7 Å². The molecular formula is C22H21N3O. The van der Waals surface area contributed by atoms with E-state index in [0.29, 0.717) is 0 Å². The molecule has 0 bridgehead atoms. The van der Waals surface area contributed by atoms with E-state index < -0.39 is 0 Å². The highest BCUT2D eigenvalue weighted by Crippen LogP contribution is 2.28. The molecule has 1 aromatic heterocycles. The van der Waals surface area contributed by atoms with Crippen molar-refractivity contribution in [3.8, 4) is 0 Å². The molecule has 0 saturated carbocycles. The lowest BCUT2D eigenvalue weighted by atomic mass is 9.97. The molecule has 0 aliphatic carbocycles. The van der Waals surface area contributed by atoms with Gasteiger partial charge in [0.1, 0.15) is 0 Å². The Bertz CT molecular complexity index is 1120. The van der Waals surface area contributed by atoms with Crippen LogP contribution >= 0.6 is 0 Å². The first-order valence-electron chi connectivity index (χ1n) is 8.71. The predicted octanol–water partition coefficient (Wildman–Crippen LogP) is 4.81. The highest BCUT2D eigenvalue weighted by atomic mass is 16.1. The average molecular weight is 343 g/mol. The average Bonchev–Trinajstić information content (AvgIpc) is 2.97. The largest absolute Gasteiger partial charge is 0.355 e. The molecule has 26 heavy (non-hydrogen) atoms. The van der Waals surface area contributed by atoms with Gasteiger partial charge in [-0.2, -0.15) is 0 Å². The van der Waals surface area contributed by atoms with E-state index in [2.05, 4.69) is 53.4 Å². The smallest absolute Gasteiger partial charge is 0.323 e. The lowest BCUT2D eigenvalue weighted by molar-refractivity contribution is 1.15. The van der Waals surface area contributed by atoms with Gasteiger partial charge in [-0.15, -0.1) is 0 Å². The number of rotatable bonds is 4. The lowest BCUT2D eigenvalue weighted by Gasteiger charge is -2.14. The first-order valence-corrected chi connectivity index (χ1v) is 8.71. The molecule has 0 saturated heterocycles. The number of imidazole rings is 1. The molecule has 4 heteroatoms. The molecule has 4 rings (SSSR count). The van der Waals surface area contributed by atoms with Crippen molar-refractivity contribution >= 4 is 22.4 Å². The summed E-state index contributed by atoms with van der Waals surface area (Å²) in [4.78, 5) is 17.4. The molecule has 0 aliphatic heterocycles. The van der Waals surface area contributed by atoms with E-state index in [9.17, 15) is 4.79 Å². The van der Waals surface area contributed by atoms with E-state index in [-0.39, 0.29) is 5.69 Å². The number of fused-ring (bicyclic) bond motifs is 1. The molecule has 3 aromatic carbocycles. The highest BCUT2D eigenvalue weighted by Gasteiger charge is 2.10. The second kappa shape index (κ2) is 6.56. The van der Waals surface area contributed by atoms with Crippen LogP contribution in [0.25, 0.3) is 11.0 Å². The second-order valence-electron chi connectivity index (χ2n) is 6.73. The minimum Gasteiger partial charge on any atom is -0.355 e. The molecule has 130 valence electrons. The first-order chi connectivity index (χ1) is 12.6. The minimum atomic E-state index is -0.186. The third kappa shape index (κ3) is 3.26. The zero-order valence-electron chi connectivity index (χ0n) is 14.9. The fourth-order valence-corrected chi connectivity index (χ4v) is 3.32. The van der Waals surface area contributed by atoms with Gasteiger partial charge < -0.3 is 15.3 Å². The van der Waals surface area contributed by atoms with E-state index in [0.717, 1.165) is 34.4 Å². The Morgan fingerprint density at radius 3 is 2.31 bits per heavy atom. The first kappa shape index (κ1) is 16.2. The monoisotopic (exact) mass is 343 g/mol. The molecule has 0 aliphatic rings. The number of para-hydroxylation sites is 1. The van der Waals surface area contributed by atoms with Crippen LogP contribution in [0.1, 0.15) is 22.3 Å². The van der Waals surface area contributed by atoms with Crippen molar-refractivity contribution in [3.63, 3.8) is 0 Å². The minimum absolute atomic E-state index is 0.186. The van der Waals surface area contributed by atoms with Crippen molar-refractivity contribution in [2.45, 2.75) is 20.3 Å². The van der Waals surface area contributed by atoms with Gasteiger partial charge in [0.05, 0.1) is 11.0 Å². The van der Waals surface area contributed by atoms with Crippen molar-refractivity contribution < 1.29 is 0 Å². The predicted molar refractivity (Wildman–Crippen MR) is 107 cm³/mol. The summed E-state index contributed by atoms with van der Waals surface area (Å²) in [7, 11) is 0. The molecule has 4 aromatic rings. The van der Waals surface area contributed by atoms with Gasteiger partial charge in [-0.3, -0.25) is 0 Å². The highest BCUT2D eigenvalue weighted by molar-refractivity contribution is 5.82. The van der Waals surface area contributed by atoms with Gasteiger partial charge in [0.15, 0.2) is 0 Å². The van der Waals surface area contributed by atoms with E-state index in [1.54, 1.807) is 0 Å². The van der Waals surface area contributed by atoms with Crippen LogP contribution in [0.3, 0.4) is 0 Å². The van der Waals surface area contributed by atoms with Gasteiger partial charge in [0.25, 0.3) is 0 Å². The Balaban J connectivity index is 1.80. The Labute approximate surface area is 151 Å². The van der Waals surface area contributed by atoms with Crippen LogP contribution < -0.4 is 11.0 Å². The van der Waals surface area contributed by atoms with Gasteiger partial charge in [0, 0.05) is 11.4 Å². The summed E-state index contributed by atoms with van der Waals surface area (Å²) in [5, 5.41) is 3.49. The number of hydrogen-bond acceptors (Lipinski definition) is 2. The number of hydrogen-bond donors (Lipinski definition) is 3. The molecule has 0 amide bonds. The summed E-state index contributed by atoms with van der Waals surface area (Å²) in [5.41, 5.74) is 8.43. The number of aryl methyl sites for hydroxylation is 2. The van der Waals surface area contributed by atoms with Crippen molar-refractivity contribution in [3.05, 3.63) is 93.4 Å². The fraction of sp³-hybridized carbons (Fsp3) is 0.136. The third-order valence-corrected chi connectivity index (χ3v) is 4.67. The SMILES string of the molecule is Cc1ccc(Cc2cc3[nH]c(=O)[nH]c3cc2Nc2ccccc2)c(C)c1. The summed E-state index contributed by atoms with van der Waals surface area (Å²) in [5.74, 6) is 0. The van der Waals surface area contributed by atoms with Crippen molar-refractivity contribution in [1.29, 1.82) is 0 Å². The number of benzene rings is 3. The van der Waals surface area contributed by atoms with Gasteiger partial charge in [-0.1, -0.05) is 42.0 Å². The molecular weight excluding hydrogens is 322 g/mol. The van der Waals surface area contributed by atoms with Crippen LogP contribution in [0.4, 0.5) is 11.4 Å². The van der Waals surface area contributed by atoms with Crippen LogP contribution in [-0.2, 0) is 6.42 Å². The number of anilines is 2. The quantitative estimate of drug-likeness (QED) is 0.498. The molecule has 1 heterocycles. The molecule has 0 spiro atoms. The summed E-state index contributed by atoms with van der Waals surface area (Å²) in [6.45, 7) is 4.25. The van der Waals surface area contributed by atoms with Crippen LogP contribution in [-0.4, -0.2) is 9.97 Å². The van der Waals surface area contributed by atoms with Crippen LogP contribution in [0.15, 0.2) is 65.5 Å². The van der Waals surface area contributed by atoms with Gasteiger partial charge >= 0.3 is 5.69 Å². The molecule has 4 nitrogen and oxygen atoms in total. The molecule has 0 fully saturated rings. The fourth-order valence-electron chi connectivity index (χ4n) is 3.32. The maximum atomic E-state index is 11.7. The van der Waals surface area contributed by atoms with E-state index >= 15 is 0 Å². The standard InChI is InChI=1S/C22H21N3O/c1-14-8-9-16(15(2)10-14)11-17-12-20-21(25-22(26)24-20)13-19(17)23-18-6-4-3-5-7-18/h3-10,12-13,23H,11H2,1-2H3,(H2,24,25,26). The summed E-state index contributed by atoms with van der Waals surface area (Å²) >= 11 is 0.